The van der Waals surface area contributed by atoms with Gasteiger partial charge >= 0.3 is 0 Å². The number of methoxy groups -OCH3 is 2. The zero-order valence-corrected chi connectivity index (χ0v) is 24.6. The molecule has 4 aromatic carbocycles. The van der Waals surface area contributed by atoms with Gasteiger partial charge < -0.3 is 9.47 Å². The Balaban J connectivity index is 1.74. The van der Waals surface area contributed by atoms with Crippen LogP contribution in [0.5, 0.6) is 11.5 Å². The van der Waals surface area contributed by atoms with Crippen LogP contribution in [0.25, 0.3) is 0 Å². The third kappa shape index (κ3) is 4.85. The van der Waals surface area contributed by atoms with Crippen molar-refractivity contribution in [3.63, 3.8) is 0 Å². The molecule has 0 aliphatic heterocycles. The van der Waals surface area contributed by atoms with E-state index in [1.165, 1.54) is 24.3 Å². The molecule has 0 heterocycles. The van der Waals surface area contributed by atoms with Crippen molar-refractivity contribution in [2.75, 3.05) is 14.2 Å². The number of hydrogen-bond donors (Lipinski definition) is 0. The van der Waals surface area contributed by atoms with Gasteiger partial charge in [-0.25, -0.2) is 16.8 Å². The lowest BCUT2D eigenvalue weighted by Gasteiger charge is -2.31. The lowest BCUT2D eigenvalue weighted by Crippen LogP contribution is -2.44. The van der Waals surface area contributed by atoms with E-state index in [-0.39, 0.29) is 22.6 Å². The lowest BCUT2D eigenvalue weighted by molar-refractivity contribution is 0.385. The van der Waals surface area contributed by atoms with E-state index in [4.69, 9.17) is 9.47 Å². The van der Waals surface area contributed by atoms with Crippen LogP contribution in [0.3, 0.4) is 0 Å². The molecule has 212 valence electrons. The summed E-state index contributed by atoms with van der Waals surface area (Å²) < 4.78 is 67.0. The Morgan fingerprint density at radius 3 is 1.73 bits per heavy atom. The molecule has 4 aromatic rings. The summed E-state index contributed by atoms with van der Waals surface area (Å²) in [6, 6.07) is 30.7. The minimum atomic E-state index is -4.40. The normalized spacial score (nSPS) is 17.6. The van der Waals surface area contributed by atoms with Crippen LogP contribution in [0.15, 0.2) is 131 Å². The molecule has 8 heteroatoms. The lowest BCUT2D eigenvalue weighted by atomic mass is 9.78. The Morgan fingerprint density at radius 2 is 1.24 bits per heavy atom. The number of sulfone groups is 2. The van der Waals surface area contributed by atoms with Crippen LogP contribution in [0.1, 0.15) is 29.9 Å². The zero-order chi connectivity index (χ0) is 29.3. The van der Waals surface area contributed by atoms with Crippen LogP contribution in [-0.2, 0) is 19.7 Å². The molecule has 0 bridgehead atoms. The maximum absolute atomic E-state index is 14.5. The summed E-state index contributed by atoms with van der Waals surface area (Å²) in [5.74, 6) is 0.204. The summed E-state index contributed by atoms with van der Waals surface area (Å²) in [7, 11) is -5.66. The zero-order valence-electron chi connectivity index (χ0n) is 22.9. The van der Waals surface area contributed by atoms with Crippen molar-refractivity contribution < 1.29 is 26.3 Å². The number of benzene rings is 4. The fourth-order valence-corrected chi connectivity index (χ4v) is 11.1. The quantitative estimate of drug-likeness (QED) is 0.209. The second-order valence-corrected chi connectivity index (χ2v) is 15.0. The number of rotatable bonds is 9. The molecule has 41 heavy (non-hydrogen) atoms. The molecule has 5 rings (SSSR count). The highest BCUT2D eigenvalue weighted by molar-refractivity contribution is 8.10. The van der Waals surface area contributed by atoms with E-state index in [1.807, 2.05) is 42.5 Å². The highest BCUT2D eigenvalue weighted by Gasteiger charge is 2.62. The van der Waals surface area contributed by atoms with Crippen LogP contribution >= 0.6 is 0 Å². The van der Waals surface area contributed by atoms with Gasteiger partial charge in [-0.3, -0.25) is 0 Å². The van der Waals surface area contributed by atoms with E-state index in [0.717, 1.165) is 11.1 Å². The molecule has 6 nitrogen and oxygen atoms in total. The van der Waals surface area contributed by atoms with Gasteiger partial charge in [-0.05, 0) is 48.2 Å². The third-order valence-corrected chi connectivity index (χ3v) is 13.7. The topological polar surface area (TPSA) is 86.7 Å². The molecule has 1 saturated carbocycles. The van der Waals surface area contributed by atoms with Crippen LogP contribution in [-0.4, -0.2) is 35.1 Å². The maximum atomic E-state index is 14.5. The van der Waals surface area contributed by atoms with Gasteiger partial charge in [0.1, 0.15) is 11.5 Å². The molecule has 0 amide bonds. The monoisotopic (exact) mass is 588 g/mol. The molecule has 2 atom stereocenters. The van der Waals surface area contributed by atoms with Gasteiger partial charge in [-0.1, -0.05) is 84.9 Å². The van der Waals surface area contributed by atoms with E-state index in [1.54, 1.807) is 56.7 Å². The van der Waals surface area contributed by atoms with Crippen LogP contribution < -0.4 is 9.47 Å². The molecule has 1 aliphatic rings. The van der Waals surface area contributed by atoms with Crippen molar-refractivity contribution >= 4 is 19.7 Å². The second-order valence-electron chi connectivity index (χ2n) is 10.2. The van der Waals surface area contributed by atoms with E-state index in [0.29, 0.717) is 17.1 Å². The van der Waals surface area contributed by atoms with E-state index >= 15 is 0 Å². The Bertz CT molecular complexity index is 1680. The van der Waals surface area contributed by atoms with Gasteiger partial charge in [0, 0.05) is 24.0 Å². The SMILES string of the molecule is C=C1CC(S(=O)(=O)c2ccccc2)(S(=O)(=O)c2ccccc2)C[C@@H]1[C@H](c1ccccc1)c1ccc(OC)cc1OC. The molecule has 0 unspecified atom stereocenters. The summed E-state index contributed by atoms with van der Waals surface area (Å²) in [6.45, 7) is 4.31. The summed E-state index contributed by atoms with van der Waals surface area (Å²) in [5, 5.41) is 0. The summed E-state index contributed by atoms with van der Waals surface area (Å²) in [4.78, 5) is -0.0718. The molecule has 0 saturated heterocycles. The fourth-order valence-electron chi connectivity index (χ4n) is 5.93. The van der Waals surface area contributed by atoms with Crippen LogP contribution in [0.2, 0.25) is 0 Å². The predicted molar refractivity (Wildman–Crippen MR) is 160 cm³/mol. The molecule has 0 spiro atoms. The maximum Gasteiger partial charge on any atom is 0.199 e. The highest BCUT2D eigenvalue weighted by atomic mass is 32.3. The van der Waals surface area contributed by atoms with Crippen molar-refractivity contribution in [2.24, 2.45) is 5.92 Å². The standard InChI is InChI=1S/C33H32O6S2/c1-24-22-33(40(34,35)27-15-9-5-10-16-27,41(36,37)28-17-11-6-12-18-28)23-30(24)32(25-13-7-4-8-14-25)29-20-19-26(38-2)21-31(29)39-3/h4-21,30,32H,1,22-23H2,2-3H3/t30-,32+/m0/s1. The van der Waals surface area contributed by atoms with Gasteiger partial charge in [-0.2, -0.15) is 0 Å². The molecule has 0 radical (unpaired) electrons. The smallest absolute Gasteiger partial charge is 0.199 e. The minimum absolute atomic E-state index is 0.0359. The first-order valence-electron chi connectivity index (χ1n) is 13.2. The first-order chi connectivity index (χ1) is 19.7. The van der Waals surface area contributed by atoms with Crippen molar-refractivity contribution in [1.82, 2.24) is 0 Å². The minimum Gasteiger partial charge on any atom is -0.497 e. The Kier molecular flexibility index (Phi) is 7.81. The van der Waals surface area contributed by atoms with Gasteiger partial charge in [0.05, 0.1) is 24.0 Å². The summed E-state index contributed by atoms with van der Waals surface area (Å²) in [5.41, 5.74) is 2.23. The van der Waals surface area contributed by atoms with Gasteiger partial charge in [0.2, 0.25) is 0 Å². The first-order valence-corrected chi connectivity index (χ1v) is 16.2. The first kappa shape index (κ1) is 28.6. The second kappa shape index (κ2) is 11.2. The molecule has 1 fully saturated rings. The Morgan fingerprint density at radius 1 is 0.732 bits per heavy atom. The average Bonchev–Trinajstić information content (AvgIpc) is 3.37. The number of hydrogen-bond acceptors (Lipinski definition) is 6. The number of ether oxygens (including phenoxy) is 2. The molecule has 1 aliphatic carbocycles. The highest BCUT2D eigenvalue weighted by Crippen LogP contribution is 2.56. The van der Waals surface area contributed by atoms with Crippen molar-refractivity contribution in [1.29, 1.82) is 0 Å². The van der Waals surface area contributed by atoms with Crippen molar-refractivity contribution in [3.8, 4) is 11.5 Å². The van der Waals surface area contributed by atoms with Crippen molar-refractivity contribution in [3.05, 3.63) is 132 Å². The third-order valence-electron chi connectivity index (χ3n) is 7.97. The molecule has 0 aromatic heterocycles. The van der Waals surface area contributed by atoms with Gasteiger partial charge in [-0.15, -0.1) is 0 Å². The molecular formula is C33H32O6S2. The van der Waals surface area contributed by atoms with Crippen LogP contribution in [0.4, 0.5) is 0 Å². The van der Waals surface area contributed by atoms with Crippen molar-refractivity contribution in [2.45, 2.75) is 32.6 Å². The average molecular weight is 589 g/mol. The fraction of sp³-hybridized carbons (Fsp3) is 0.212. The Hall–Kier alpha value is -3.88. The predicted octanol–water partition coefficient (Wildman–Crippen LogP) is 6.45. The van der Waals surface area contributed by atoms with Gasteiger partial charge in [0.25, 0.3) is 0 Å². The largest absolute Gasteiger partial charge is 0.497 e. The summed E-state index contributed by atoms with van der Waals surface area (Å²) >= 11 is 0. The van der Waals surface area contributed by atoms with E-state index in [9.17, 15) is 16.8 Å². The van der Waals surface area contributed by atoms with Crippen LogP contribution in [0, 0.1) is 5.92 Å². The van der Waals surface area contributed by atoms with E-state index < -0.39 is 35.6 Å². The number of allylic oxidation sites excluding steroid dienone is 1. The Labute approximate surface area is 242 Å². The summed E-state index contributed by atoms with van der Waals surface area (Å²) in [6.07, 6.45) is -0.400. The van der Waals surface area contributed by atoms with Gasteiger partial charge in [0.15, 0.2) is 23.8 Å². The molecule has 0 N–H and O–H groups in total. The van der Waals surface area contributed by atoms with E-state index in [2.05, 4.69) is 6.58 Å². The molecular weight excluding hydrogens is 556 g/mol.